The van der Waals surface area contributed by atoms with Crippen LogP contribution in [0.5, 0.6) is 5.75 Å². The minimum Gasteiger partial charge on any atom is -0.491 e. The molecule has 27 heavy (non-hydrogen) atoms. The van der Waals surface area contributed by atoms with Crippen LogP contribution in [0.25, 0.3) is 0 Å². The van der Waals surface area contributed by atoms with Crippen molar-refractivity contribution in [3.8, 4) is 5.75 Å². The average Bonchev–Trinajstić information content (AvgIpc) is 3.15. The standard InChI is InChI=1S/C21H33N3O3/c25-20(13-23-8-1-6-22-7-9-23)16-27-21-4-2-17(3-5-21)10-24-11-18-14-26-15-19(18)12-24/h2-5,18-20,22,25H,1,6-16H2/t18-,19+,20?. The highest BCUT2D eigenvalue weighted by molar-refractivity contribution is 5.27. The molecule has 3 fully saturated rings. The van der Waals surface area contributed by atoms with E-state index in [1.54, 1.807) is 0 Å². The first-order valence-electron chi connectivity index (χ1n) is 10.4. The van der Waals surface area contributed by atoms with Crippen LogP contribution in [-0.2, 0) is 11.3 Å². The molecule has 0 amide bonds. The molecule has 4 rings (SSSR count). The fourth-order valence-electron chi connectivity index (χ4n) is 4.49. The van der Waals surface area contributed by atoms with E-state index in [9.17, 15) is 5.11 Å². The molecule has 6 heteroatoms. The van der Waals surface area contributed by atoms with Gasteiger partial charge in [0.15, 0.2) is 0 Å². The number of ether oxygens (including phenoxy) is 2. The van der Waals surface area contributed by atoms with Gasteiger partial charge < -0.3 is 19.9 Å². The molecule has 3 atom stereocenters. The Morgan fingerprint density at radius 2 is 1.85 bits per heavy atom. The minimum atomic E-state index is -0.450. The highest BCUT2D eigenvalue weighted by Crippen LogP contribution is 2.30. The maximum atomic E-state index is 10.3. The van der Waals surface area contributed by atoms with Crippen molar-refractivity contribution in [3.63, 3.8) is 0 Å². The summed E-state index contributed by atoms with van der Waals surface area (Å²) in [6, 6.07) is 8.34. The van der Waals surface area contributed by atoms with Gasteiger partial charge in [0, 0.05) is 51.1 Å². The zero-order valence-electron chi connectivity index (χ0n) is 16.2. The summed E-state index contributed by atoms with van der Waals surface area (Å²) in [6.45, 7) is 10.3. The van der Waals surface area contributed by atoms with Crippen molar-refractivity contribution in [2.24, 2.45) is 11.8 Å². The second kappa shape index (κ2) is 9.34. The van der Waals surface area contributed by atoms with E-state index < -0.39 is 6.10 Å². The number of fused-ring (bicyclic) bond motifs is 1. The van der Waals surface area contributed by atoms with E-state index in [1.165, 1.54) is 5.56 Å². The molecule has 3 aliphatic heterocycles. The van der Waals surface area contributed by atoms with Gasteiger partial charge in [-0.3, -0.25) is 9.80 Å². The molecule has 150 valence electrons. The Balaban J connectivity index is 1.18. The molecular weight excluding hydrogens is 342 g/mol. The van der Waals surface area contributed by atoms with Crippen molar-refractivity contribution in [2.75, 3.05) is 65.6 Å². The van der Waals surface area contributed by atoms with Gasteiger partial charge in [0.25, 0.3) is 0 Å². The van der Waals surface area contributed by atoms with Gasteiger partial charge in [-0.05, 0) is 37.2 Å². The van der Waals surface area contributed by atoms with Gasteiger partial charge in [0.2, 0.25) is 0 Å². The molecule has 0 aliphatic carbocycles. The third kappa shape index (κ3) is 5.42. The van der Waals surface area contributed by atoms with Gasteiger partial charge in [-0.2, -0.15) is 0 Å². The Kier molecular flexibility index (Phi) is 6.63. The number of benzene rings is 1. The predicted octanol–water partition coefficient (Wildman–Crippen LogP) is 0.800. The Labute approximate surface area is 162 Å². The molecule has 0 bridgehead atoms. The quantitative estimate of drug-likeness (QED) is 0.735. The van der Waals surface area contributed by atoms with E-state index in [1.807, 2.05) is 12.1 Å². The molecule has 0 aromatic heterocycles. The summed E-state index contributed by atoms with van der Waals surface area (Å²) < 4.78 is 11.4. The van der Waals surface area contributed by atoms with Gasteiger partial charge in [0.05, 0.1) is 13.2 Å². The van der Waals surface area contributed by atoms with Gasteiger partial charge in [-0.25, -0.2) is 0 Å². The van der Waals surface area contributed by atoms with Crippen molar-refractivity contribution in [2.45, 2.75) is 19.1 Å². The molecule has 3 heterocycles. The van der Waals surface area contributed by atoms with Crippen LogP contribution in [0.15, 0.2) is 24.3 Å². The summed E-state index contributed by atoms with van der Waals surface area (Å²) in [7, 11) is 0. The van der Waals surface area contributed by atoms with Crippen LogP contribution in [0, 0.1) is 11.8 Å². The SMILES string of the molecule is OC(COc1ccc(CN2C[C@H]3COC[C@H]3C2)cc1)CN1CCCNCC1. The molecule has 6 nitrogen and oxygen atoms in total. The lowest BCUT2D eigenvalue weighted by Crippen LogP contribution is -2.37. The van der Waals surface area contributed by atoms with Crippen LogP contribution >= 0.6 is 0 Å². The van der Waals surface area contributed by atoms with Crippen molar-refractivity contribution < 1.29 is 14.6 Å². The first-order chi connectivity index (χ1) is 13.3. The number of hydrogen-bond donors (Lipinski definition) is 2. The predicted molar refractivity (Wildman–Crippen MR) is 105 cm³/mol. The number of aliphatic hydroxyl groups excluding tert-OH is 1. The molecular formula is C21H33N3O3. The number of likely N-dealkylation sites (tertiary alicyclic amines) is 1. The van der Waals surface area contributed by atoms with Crippen LogP contribution in [-0.4, -0.2) is 86.6 Å². The van der Waals surface area contributed by atoms with Crippen molar-refractivity contribution >= 4 is 0 Å². The Bertz CT molecular complexity index is 563. The fraction of sp³-hybridized carbons (Fsp3) is 0.714. The summed E-state index contributed by atoms with van der Waals surface area (Å²) in [5.74, 6) is 2.30. The van der Waals surface area contributed by atoms with E-state index in [2.05, 4.69) is 27.2 Å². The second-order valence-corrected chi connectivity index (χ2v) is 8.26. The van der Waals surface area contributed by atoms with Crippen molar-refractivity contribution in [3.05, 3.63) is 29.8 Å². The first kappa shape index (κ1) is 19.2. The Hall–Kier alpha value is -1.18. The Morgan fingerprint density at radius 1 is 1.07 bits per heavy atom. The van der Waals surface area contributed by atoms with Crippen LogP contribution in [0.3, 0.4) is 0 Å². The third-order valence-electron chi connectivity index (χ3n) is 5.99. The van der Waals surface area contributed by atoms with E-state index in [0.717, 1.165) is 83.0 Å². The van der Waals surface area contributed by atoms with Crippen LogP contribution in [0.1, 0.15) is 12.0 Å². The van der Waals surface area contributed by atoms with Gasteiger partial charge in [-0.15, -0.1) is 0 Å². The largest absolute Gasteiger partial charge is 0.491 e. The van der Waals surface area contributed by atoms with Crippen LogP contribution in [0.4, 0.5) is 0 Å². The van der Waals surface area contributed by atoms with E-state index in [-0.39, 0.29) is 0 Å². The maximum absolute atomic E-state index is 10.3. The van der Waals surface area contributed by atoms with Gasteiger partial charge >= 0.3 is 0 Å². The number of rotatable bonds is 7. The molecule has 0 spiro atoms. The number of nitrogens with zero attached hydrogens (tertiary/aromatic N) is 2. The molecule has 1 unspecified atom stereocenters. The number of nitrogens with one attached hydrogen (secondary N) is 1. The molecule has 0 radical (unpaired) electrons. The first-order valence-corrected chi connectivity index (χ1v) is 10.4. The smallest absolute Gasteiger partial charge is 0.119 e. The highest BCUT2D eigenvalue weighted by atomic mass is 16.5. The summed E-state index contributed by atoms with van der Waals surface area (Å²) in [6.07, 6.45) is 0.689. The Morgan fingerprint density at radius 3 is 2.63 bits per heavy atom. The summed E-state index contributed by atoms with van der Waals surface area (Å²) >= 11 is 0. The maximum Gasteiger partial charge on any atom is 0.119 e. The van der Waals surface area contributed by atoms with Crippen LogP contribution in [0.2, 0.25) is 0 Å². The third-order valence-corrected chi connectivity index (χ3v) is 5.99. The molecule has 2 N–H and O–H groups in total. The van der Waals surface area contributed by atoms with Crippen LogP contribution < -0.4 is 10.1 Å². The van der Waals surface area contributed by atoms with Crippen molar-refractivity contribution in [1.82, 2.24) is 15.1 Å². The lowest BCUT2D eigenvalue weighted by atomic mass is 10.0. The zero-order valence-corrected chi connectivity index (χ0v) is 16.2. The van der Waals surface area contributed by atoms with Gasteiger partial charge in [-0.1, -0.05) is 12.1 Å². The molecule has 3 saturated heterocycles. The summed E-state index contributed by atoms with van der Waals surface area (Å²) in [4.78, 5) is 4.85. The van der Waals surface area contributed by atoms with Crippen molar-refractivity contribution in [1.29, 1.82) is 0 Å². The molecule has 3 aliphatic rings. The topological polar surface area (TPSA) is 57.2 Å². The van der Waals surface area contributed by atoms with Gasteiger partial charge in [0.1, 0.15) is 18.5 Å². The van der Waals surface area contributed by atoms with E-state index in [4.69, 9.17) is 9.47 Å². The van der Waals surface area contributed by atoms with E-state index in [0.29, 0.717) is 13.2 Å². The molecule has 1 aromatic rings. The zero-order chi connectivity index (χ0) is 18.5. The summed E-state index contributed by atoms with van der Waals surface area (Å²) in [5, 5.41) is 13.7. The lowest BCUT2D eigenvalue weighted by Gasteiger charge is -2.23. The number of β-amino-alcohol motifs (C(OH)–C–C–N with tert-alkyl or cyclic N) is 1. The minimum absolute atomic E-state index is 0.346. The number of hydrogen-bond acceptors (Lipinski definition) is 6. The number of aliphatic hydroxyl groups is 1. The monoisotopic (exact) mass is 375 g/mol. The fourth-order valence-corrected chi connectivity index (χ4v) is 4.49. The second-order valence-electron chi connectivity index (χ2n) is 8.26. The molecule has 1 aromatic carbocycles. The molecule has 0 saturated carbocycles. The lowest BCUT2D eigenvalue weighted by molar-refractivity contribution is 0.0703. The average molecular weight is 376 g/mol. The normalized spacial score (nSPS) is 28.0. The van der Waals surface area contributed by atoms with E-state index >= 15 is 0 Å². The highest BCUT2D eigenvalue weighted by Gasteiger charge is 2.36. The summed E-state index contributed by atoms with van der Waals surface area (Å²) in [5.41, 5.74) is 1.32.